The fraction of sp³-hybridized carbons (Fsp3) is 0.222. The van der Waals surface area contributed by atoms with E-state index in [1.165, 1.54) is 0 Å². The van der Waals surface area contributed by atoms with Gasteiger partial charge < -0.3 is 0 Å². The van der Waals surface area contributed by atoms with Crippen LogP contribution in [-0.4, -0.2) is 3.79 Å². The van der Waals surface area contributed by atoms with Crippen molar-refractivity contribution in [2.75, 3.05) is 0 Å². The molecule has 65 valence electrons. The second-order valence-electron chi connectivity index (χ2n) is 2.50. The lowest BCUT2D eigenvalue weighted by Gasteiger charge is -2.19. The lowest BCUT2D eigenvalue weighted by atomic mass is 10.0. The van der Waals surface area contributed by atoms with Crippen LogP contribution in [0, 0.1) is 6.92 Å². The summed E-state index contributed by atoms with van der Waals surface area (Å²) in [6.07, 6.45) is 0. The van der Waals surface area contributed by atoms with Gasteiger partial charge in [-0.25, -0.2) is 0 Å². The minimum absolute atomic E-state index is 0.330. The van der Waals surface area contributed by atoms with Gasteiger partial charge in [0.05, 0.1) is 0 Å². The number of alkyl halides is 3. The molecule has 0 spiro atoms. The molecule has 0 saturated heterocycles. The summed E-state index contributed by atoms with van der Waals surface area (Å²) in [6.45, 7) is 3.78. The molecule has 1 aromatic rings. The number of halogens is 3. The summed E-state index contributed by atoms with van der Waals surface area (Å²) >= 11 is 17.1. The molecule has 1 radical (unpaired) electrons. The third-order valence-corrected chi connectivity index (χ3v) is 2.39. The summed E-state index contributed by atoms with van der Waals surface area (Å²) in [7, 11) is 0. The van der Waals surface area contributed by atoms with Gasteiger partial charge in [-0.3, -0.25) is 0 Å². The summed E-state index contributed by atoms with van der Waals surface area (Å²) < 4.78 is -1.33. The van der Waals surface area contributed by atoms with Gasteiger partial charge in [-0.15, -0.1) is 0 Å². The third kappa shape index (κ3) is 2.55. The molecular formula is C9H8Cl3. The second-order valence-corrected chi connectivity index (χ2v) is 4.87. The van der Waals surface area contributed by atoms with Gasteiger partial charge in [0, 0.05) is 5.92 Å². The fourth-order valence-corrected chi connectivity index (χ4v) is 1.25. The first kappa shape index (κ1) is 10.2. The van der Waals surface area contributed by atoms with Gasteiger partial charge in [-0.2, -0.15) is 0 Å². The molecule has 1 rings (SSSR count). The Bertz CT molecular complexity index is 238. The van der Waals surface area contributed by atoms with E-state index in [2.05, 4.69) is 6.92 Å². The van der Waals surface area contributed by atoms with Crippen molar-refractivity contribution in [2.24, 2.45) is 0 Å². The zero-order valence-electron chi connectivity index (χ0n) is 6.31. The number of benzene rings is 1. The van der Waals surface area contributed by atoms with Crippen molar-refractivity contribution in [1.82, 2.24) is 0 Å². The van der Waals surface area contributed by atoms with Crippen LogP contribution in [0.25, 0.3) is 0 Å². The molecular weight excluding hydrogens is 214 g/mol. The van der Waals surface area contributed by atoms with Crippen molar-refractivity contribution in [1.29, 1.82) is 0 Å². The van der Waals surface area contributed by atoms with Crippen molar-refractivity contribution in [2.45, 2.75) is 9.71 Å². The molecule has 0 bridgehead atoms. The summed E-state index contributed by atoms with van der Waals surface area (Å²) in [4.78, 5) is 0. The van der Waals surface area contributed by atoms with Crippen molar-refractivity contribution in [3.8, 4) is 0 Å². The normalized spacial score (nSPS) is 14.3. The molecule has 12 heavy (non-hydrogen) atoms. The number of hydrogen-bond donors (Lipinski definition) is 0. The minimum atomic E-state index is -1.33. The van der Waals surface area contributed by atoms with Crippen LogP contribution in [0.1, 0.15) is 11.5 Å². The van der Waals surface area contributed by atoms with Gasteiger partial charge in [-0.1, -0.05) is 65.1 Å². The van der Waals surface area contributed by atoms with Crippen LogP contribution in [0.5, 0.6) is 0 Å². The number of rotatable bonds is 1. The van der Waals surface area contributed by atoms with E-state index in [0.29, 0.717) is 0 Å². The average Bonchev–Trinajstić information content (AvgIpc) is 2.03. The zero-order valence-corrected chi connectivity index (χ0v) is 8.57. The SMILES string of the molecule is [CH2]C(c1ccccc1)C(Cl)(Cl)Cl. The van der Waals surface area contributed by atoms with Gasteiger partial charge in [0.1, 0.15) is 0 Å². The molecule has 1 unspecified atom stereocenters. The van der Waals surface area contributed by atoms with Crippen molar-refractivity contribution in [3.05, 3.63) is 42.8 Å². The van der Waals surface area contributed by atoms with E-state index in [0.717, 1.165) is 5.56 Å². The first-order valence-electron chi connectivity index (χ1n) is 3.46. The molecule has 0 aliphatic rings. The fourth-order valence-electron chi connectivity index (χ4n) is 0.874. The molecule has 0 aliphatic carbocycles. The largest absolute Gasteiger partial charge is 0.197 e. The van der Waals surface area contributed by atoms with E-state index in [-0.39, 0.29) is 5.92 Å². The smallest absolute Gasteiger partial charge is 0.0830 e. The molecule has 0 nitrogen and oxygen atoms in total. The van der Waals surface area contributed by atoms with Crippen LogP contribution < -0.4 is 0 Å². The standard InChI is InChI=1S/C9H8Cl3/c1-7(9(10,11)12)8-5-3-2-4-6-8/h2-7H,1H2. The molecule has 0 amide bonds. The predicted molar refractivity (Wildman–Crippen MR) is 54.8 cm³/mol. The highest BCUT2D eigenvalue weighted by Crippen LogP contribution is 2.40. The van der Waals surface area contributed by atoms with Gasteiger partial charge in [0.25, 0.3) is 0 Å². The lowest BCUT2D eigenvalue weighted by Crippen LogP contribution is -2.13. The molecule has 1 atom stereocenters. The predicted octanol–water partition coefficient (Wildman–Crippen LogP) is 3.97. The quantitative estimate of drug-likeness (QED) is 0.631. The highest BCUT2D eigenvalue weighted by atomic mass is 35.6. The highest BCUT2D eigenvalue weighted by molar-refractivity contribution is 6.68. The summed E-state index contributed by atoms with van der Waals surface area (Å²) in [5, 5.41) is 0. The first-order valence-corrected chi connectivity index (χ1v) is 4.60. The van der Waals surface area contributed by atoms with E-state index < -0.39 is 3.79 Å². The van der Waals surface area contributed by atoms with Crippen molar-refractivity contribution in [3.63, 3.8) is 0 Å². The summed E-state index contributed by atoms with van der Waals surface area (Å²) in [5.41, 5.74) is 0.928. The van der Waals surface area contributed by atoms with Crippen LogP contribution in [0.15, 0.2) is 30.3 Å². The Morgan fingerprint density at radius 2 is 1.58 bits per heavy atom. The van der Waals surface area contributed by atoms with Crippen LogP contribution in [0.2, 0.25) is 0 Å². The van der Waals surface area contributed by atoms with Crippen LogP contribution in [-0.2, 0) is 0 Å². The molecule has 0 fully saturated rings. The Balaban J connectivity index is 2.86. The maximum Gasteiger partial charge on any atom is 0.197 e. The molecule has 3 heteroatoms. The Kier molecular flexibility index (Phi) is 3.28. The molecule has 0 aromatic heterocycles. The van der Waals surface area contributed by atoms with E-state index in [9.17, 15) is 0 Å². The van der Waals surface area contributed by atoms with Crippen LogP contribution in [0.4, 0.5) is 0 Å². The number of hydrogen-bond acceptors (Lipinski definition) is 0. The average molecular weight is 223 g/mol. The Morgan fingerprint density at radius 3 is 2.00 bits per heavy atom. The zero-order chi connectivity index (χ0) is 9.19. The van der Waals surface area contributed by atoms with Crippen molar-refractivity contribution < 1.29 is 0 Å². The molecule has 0 aliphatic heterocycles. The third-order valence-electron chi connectivity index (χ3n) is 1.60. The maximum absolute atomic E-state index is 5.69. The minimum Gasteiger partial charge on any atom is -0.0830 e. The molecule has 0 saturated carbocycles. The van der Waals surface area contributed by atoms with E-state index in [1.54, 1.807) is 0 Å². The van der Waals surface area contributed by atoms with Gasteiger partial charge in [-0.05, 0) is 12.5 Å². The van der Waals surface area contributed by atoms with Crippen LogP contribution in [0.3, 0.4) is 0 Å². The maximum atomic E-state index is 5.69. The van der Waals surface area contributed by atoms with E-state index in [4.69, 9.17) is 34.8 Å². The van der Waals surface area contributed by atoms with Gasteiger partial charge >= 0.3 is 0 Å². The molecule has 0 N–H and O–H groups in total. The molecule has 1 aromatic carbocycles. The Labute approximate surface area is 87.4 Å². The van der Waals surface area contributed by atoms with Gasteiger partial charge in [0.15, 0.2) is 3.79 Å². The topological polar surface area (TPSA) is 0 Å². The highest BCUT2D eigenvalue weighted by Gasteiger charge is 2.29. The monoisotopic (exact) mass is 221 g/mol. The first-order chi connectivity index (χ1) is 5.52. The van der Waals surface area contributed by atoms with Gasteiger partial charge in [0.2, 0.25) is 0 Å². The Hall–Kier alpha value is 0.0900. The second kappa shape index (κ2) is 3.87. The summed E-state index contributed by atoms with van der Waals surface area (Å²) in [6, 6.07) is 9.47. The lowest BCUT2D eigenvalue weighted by molar-refractivity contribution is 0.871. The van der Waals surface area contributed by atoms with E-state index >= 15 is 0 Å². The van der Waals surface area contributed by atoms with E-state index in [1.807, 2.05) is 30.3 Å². The summed E-state index contributed by atoms with van der Waals surface area (Å²) in [5.74, 6) is -0.330. The van der Waals surface area contributed by atoms with Crippen LogP contribution >= 0.6 is 34.8 Å². The Morgan fingerprint density at radius 1 is 1.08 bits per heavy atom. The van der Waals surface area contributed by atoms with Crippen molar-refractivity contribution >= 4 is 34.8 Å². The molecule has 0 heterocycles.